The number of nitrogens with zero attached hydrogens (tertiary/aromatic N) is 1. The molecule has 0 spiro atoms. The molecule has 1 heterocycles. The maximum Gasteiger partial charge on any atom is 0.407 e. The third-order valence-corrected chi connectivity index (χ3v) is 3.16. The van der Waals surface area contributed by atoms with Crippen LogP contribution in [0.5, 0.6) is 0 Å². The molecule has 0 atom stereocenters. The highest BCUT2D eigenvalue weighted by Crippen LogP contribution is 2.27. The van der Waals surface area contributed by atoms with Gasteiger partial charge in [0.25, 0.3) is 0 Å². The molecule has 1 aromatic heterocycles. The van der Waals surface area contributed by atoms with Crippen LogP contribution >= 0.6 is 0 Å². The summed E-state index contributed by atoms with van der Waals surface area (Å²) in [6.45, 7) is 8.25. The van der Waals surface area contributed by atoms with Crippen LogP contribution in [0.15, 0.2) is 11.9 Å². The number of carbonyl (C=O) groups is 1. The average Bonchev–Trinajstić information content (AvgIpc) is 2.82. The Kier molecular flexibility index (Phi) is 6.39. The van der Waals surface area contributed by atoms with Crippen molar-refractivity contribution < 1.29 is 13.9 Å². The van der Waals surface area contributed by atoms with E-state index >= 15 is 0 Å². The average molecular weight is 297 g/mol. The van der Waals surface area contributed by atoms with Crippen LogP contribution in [0.2, 0.25) is 0 Å². The topological polar surface area (TPSA) is 67.0 Å². The molecule has 5 nitrogen and oxygen atoms in total. The van der Waals surface area contributed by atoms with Crippen molar-refractivity contribution in [3.8, 4) is 0 Å². The predicted octanol–water partition coefficient (Wildman–Crippen LogP) is 3.41. The fourth-order valence-corrected chi connectivity index (χ4v) is 2.09. The third kappa shape index (κ3) is 4.88. The van der Waals surface area contributed by atoms with E-state index in [4.69, 9.17) is 0 Å². The van der Waals surface area contributed by atoms with E-state index in [2.05, 4.69) is 20.3 Å². The summed E-state index contributed by atoms with van der Waals surface area (Å²) in [5.74, 6) is 0.183. The summed E-state index contributed by atoms with van der Waals surface area (Å²) in [7, 11) is 1.27. The molecule has 0 aliphatic heterocycles. The lowest BCUT2D eigenvalue weighted by molar-refractivity contribution is 0.172. The fraction of sp³-hybridized carbons (Fsp3) is 0.600. The maximum absolute atomic E-state index is 14.0. The summed E-state index contributed by atoms with van der Waals surface area (Å²) in [6.07, 6.45) is 0.950. The first-order valence-corrected chi connectivity index (χ1v) is 7.10. The second kappa shape index (κ2) is 7.81. The Morgan fingerprint density at radius 3 is 2.57 bits per heavy atom. The van der Waals surface area contributed by atoms with Crippen LogP contribution in [0.4, 0.5) is 9.18 Å². The van der Waals surface area contributed by atoms with Gasteiger partial charge in [0.1, 0.15) is 5.83 Å². The SMILES string of the molecule is COC(=O)NC/C=C(\F)Cc1c(C(C)C)n[nH]c1C(C)C. The zero-order valence-corrected chi connectivity index (χ0v) is 13.3. The van der Waals surface area contributed by atoms with Crippen LogP contribution in [0.1, 0.15) is 56.5 Å². The molecule has 0 aliphatic carbocycles. The highest BCUT2D eigenvalue weighted by molar-refractivity contribution is 5.67. The predicted molar refractivity (Wildman–Crippen MR) is 80.1 cm³/mol. The molecule has 6 heteroatoms. The summed E-state index contributed by atoms with van der Waals surface area (Å²) in [4.78, 5) is 10.9. The van der Waals surface area contributed by atoms with Gasteiger partial charge in [0, 0.05) is 24.2 Å². The summed E-state index contributed by atoms with van der Waals surface area (Å²) >= 11 is 0. The Hall–Kier alpha value is -1.85. The van der Waals surface area contributed by atoms with E-state index < -0.39 is 6.09 Å². The van der Waals surface area contributed by atoms with Crippen molar-refractivity contribution in [3.05, 3.63) is 28.9 Å². The molecule has 0 radical (unpaired) electrons. The Morgan fingerprint density at radius 2 is 2.05 bits per heavy atom. The molecule has 21 heavy (non-hydrogen) atoms. The zero-order valence-electron chi connectivity index (χ0n) is 13.3. The highest BCUT2D eigenvalue weighted by Gasteiger charge is 2.18. The second-order valence-corrected chi connectivity index (χ2v) is 5.51. The molecule has 0 aromatic carbocycles. The first-order valence-electron chi connectivity index (χ1n) is 7.10. The molecule has 1 rings (SSSR count). The van der Waals surface area contributed by atoms with E-state index in [-0.39, 0.29) is 30.6 Å². The first kappa shape index (κ1) is 17.2. The van der Waals surface area contributed by atoms with E-state index in [0.717, 1.165) is 17.0 Å². The van der Waals surface area contributed by atoms with Gasteiger partial charge in [-0.2, -0.15) is 5.10 Å². The van der Waals surface area contributed by atoms with E-state index in [1.807, 2.05) is 27.7 Å². The number of amides is 1. The van der Waals surface area contributed by atoms with Crippen molar-refractivity contribution in [2.24, 2.45) is 0 Å². The van der Waals surface area contributed by atoms with Gasteiger partial charge in [0.2, 0.25) is 0 Å². The molecule has 2 N–H and O–H groups in total. The minimum Gasteiger partial charge on any atom is -0.453 e. The van der Waals surface area contributed by atoms with Gasteiger partial charge in [-0.15, -0.1) is 0 Å². The lowest BCUT2D eigenvalue weighted by atomic mass is 9.96. The van der Waals surface area contributed by atoms with Gasteiger partial charge in [-0.25, -0.2) is 9.18 Å². The number of alkyl carbamates (subject to hydrolysis) is 1. The van der Waals surface area contributed by atoms with Gasteiger partial charge in [-0.05, 0) is 17.9 Å². The Morgan fingerprint density at radius 1 is 1.38 bits per heavy atom. The number of carbonyl (C=O) groups excluding carboxylic acids is 1. The summed E-state index contributed by atoms with van der Waals surface area (Å²) in [5, 5.41) is 9.73. The van der Waals surface area contributed by atoms with Gasteiger partial charge in [-0.3, -0.25) is 5.10 Å². The maximum atomic E-state index is 14.0. The van der Waals surface area contributed by atoms with Crippen molar-refractivity contribution in [3.63, 3.8) is 0 Å². The molecule has 0 saturated heterocycles. The van der Waals surface area contributed by atoms with Crippen molar-refractivity contribution in [1.29, 1.82) is 0 Å². The standard InChI is InChI=1S/C15H24FN3O2/c1-9(2)13-12(14(10(3)4)19-18-13)8-11(16)6-7-17-15(20)21-5/h6,9-10H,7-8H2,1-5H3,(H,17,20)(H,18,19)/b11-6-. The van der Waals surface area contributed by atoms with Gasteiger partial charge in [0.05, 0.1) is 12.8 Å². The first-order chi connectivity index (χ1) is 9.86. The van der Waals surface area contributed by atoms with Crippen LogP contribution in [-0.2, 0) is 11.2 Å². The Balaban J connectivity index is 2.83. The number of hydrogen-bond donors (Lipinski definition) is 2. The quantitative estimate of drug-likeness (QED) is 0.845. The number of aromatic amines is 1. The molecule has 1 aromatic rings. The number of allylic oxidation sites excluding steroid dienone is 1. The van der Waals surface area contributed by atoms with Crippen LogP contribution < -0.4 is 5.32 Å². The smallest absolute Gasteiger partial charge is 0.407 e. The molecule has 0 saturated carbocycles. The number of aromatic nitrogens is 2. The summed E-state index contributed by atoms with van der Waals surface area (Å²) in [6, 6.07) is 0. The van der Waals surface area contributed by atoms with E-state index in [1.54, 1.807) is 0 Å². The van der Waals surface area contributed by atoms with Crippen molar-refractivity contribution >= 4 is 6.09 Å². The van der Waals surface area contributed by atoms with Crippen molar-refractivity contribution in [2.75, 3.05) is 13.7 Å². The van der Waals surface area contributed by atoms with Crippen LogP contribution in [0.3, 0.4) is 0 Å². The fourth-order valence-electron chi connectivity index (χ4n) is 2.09. The van der Waals surface area contributed by atoms with Gasteiger partial charge in [-0.1, -0.05) is 27.7 Å². The van der Waals surface area contributed by atoms with Gasteiger partial charge < -0.3 is 10.1 Å². The number of nitrogens with one attached hydrogen (secondary N) is 2. The minimum absolute atomic E-state index is 0.102. The summed E-state index contributed by atoms with van der Waals surface area (Å²) < 4.78 is 18.5. The Bertz CT molecular complexity index is 482. The minimum atomic E-state index is -0.576. The molecule has 0 fully saturated rings. The van der Waals surface area contributed by atoms with Crippen molar-refractivity contribution in [1.82, 2.24) is 15.5 Å². The number of ether oxygens (including phenoxy) is 1. The number of rotatable bonds is 6. The lowest BCUT2D eigenvalue weighted by Gasteiger charge is -2.09. The molecular weight excluding hydrogens is 273 g/mol. The molecule has 0 bridgehead atoms. The van der Waals surface area contributed by atoms with Crippen LogP contribution in [0, 0.1) is 0 Å². The Labute approximate surface area is 125 Å². The number of hydrogen-bond acceptors (Lipinski definition) is 3. The number of halogens is 1. The van der Waals surface area contributed by atoms with Crippen LogP contribution in [-0.4, -0.2) is 29.9 Å². The third-order valence-electron chi connectivity index (χ3n) is 3.16. The highest BCUT2D eigenvalue weighted by atomic mass is 19.1. The van der Waals surface area contributed by atoms with Crippen molar-refractivity contribution in [2.45, 2.75) is 46.0 Å². The van der Waals surface area contributed by atoms with E-state index in [1.165, 1.54) is 13.2 Å². The zero-order chi connectivity index (χ0) is 16.0. The molecular formula is C15H24FN3O2. The van der Waals surface area contributed by atoms with Gasteiger partial charge in [0.15, 0.2) is 0 Å². The lowest BCUT2D eigenvalue weighted by Crippen LogP contribution is -2.23. The molecule has 0 unspecified atom stereocenters. The number of H-pyrrole nitrogens is 1. The van der Waals surface area contributed by atoms with E-state index in [0.29, 0.717) is 0 Å². The van der Waals surface area contributed by atoms with Crippen LogP contribution in [0.25, 0.3) is 0 Å². The monoisotopic (exact) mass is 297 g/mol. The second-order valence-electron chi connectivity index (χ2n) is 5.51. The molecule has 118 valence electrons. The largest absolute Gasteiger partial charge is 0.453 e. The summed E-state index contributed by atoms with van der Waals surface area (Å²) in [5.41, 5.74) is 2.76. The van der Waals surface area contributed by atoms with E-state index in [9.17, 15) is 9.18 Å². The normalized spacial score (nSPS) is 12.1. The molecule has 0 aliphatic rings. The molecule has 1 amide bonds. The number of methoxy groups -OCH3 is 1. The van der Waals surface area contributed by atoms with Gasteiger partial charge >= 0.3 is 6.09 Å².